The van der Waals surface area contributed by atoms with Gasteiger partial charge in [0.25, 0.3) is 0 Å². The quantitative estimate of drug-likeness (QED) is 0.855. The summed E-state index contributed by atoms with van der Waals surface area (Å²) in [7, 11) is -3.39. The van der Waals surface area contributed by atoms with Crippen LogP contribution < -0.4 is 0 Å². The third-order valence-electron chi connectivity index (χ3n) is 4.80. The molecule has 0 saturated carbocycles. The molecule has 2 aromatic carbocycles. The van der Waals surface area contributed by atoms with Gasteiger partial charge in [-0.05, 0) is 60.1 Å². The monoisotopic (exact) mass is 313 g/mol. The Kier molecular flexibility index (Phi) is 3.31. The summed E-state index contributed by atoms with van der Waals surface area (Å²) in [6.45, 7) is 1.05. The van der Waals surface area contributed by atoms with E-state index in [2.05, 4.69) is 6.07 Å². The molecule has 1 heterocycles. The molecular formula is C18H19NO2S. The Balaban J connectivity index is 1.67. The van der Waals surface area contributed by atoms with Gasteiger partial charge in [0.2, 0.25) is 10.0 Å². The van der Waals surface area contributed by atoms with Crippen molar-refractivity contribution >= 4 is 10.0 Å². The van der Waals surface area contributed by atoms with E-state index in [0.29, 0.717) is 18.0 Å². The van der Waals surface area contributed by atoms with Crippen molar-refractivity contribution in [2.45, 2.75) is 37.1 Å². The summed E-state index contributed by atoms with van der Waals surface area (Å²) in [5.41, 5.74) is 4.91. The largest absolute Gasteiger partial charge is 0.243 e. The molecule has 4 heteroatoms. The molecule has 22 heavy (non-hydrogen) atoms. The molecule has 0 atom stereocenters. The maximum Gasteiger partial charge on any atom is 0.243 e. The summed E-state index contributed by atoms with van der Waals surface area (Å²) in [5.74, 6) is 0. The molecule has 0 N–H and O–H groups in total. The molecular weight excluding hydrogens is 294 g/mol. The molecule has 4 rings (SSSR count). The van der Waals surface area contributed by atoms with Crippen molar-refractivity contribution in [3.05, 3.63) is 64.7 Å². The van der Waals surface area contributed by atoms with Gasteiger partial charge in [0, 0.05) is 13.1 Å². The van der Waals surface area contributed by atoms with Crippen molar-refractivity contribution < 1.29 is 8.42 Å². The highest BCUT2D eigenvalue weighted by Crippen LogP contribution is 2.28. The minimum Gasteiger partial charge on any atom is -0.207 e. The van der Waals surface area contributed by atoms with Crippen molar-refractivity contribution in [2.75, 3.05) is 6.54 Å². The molecule has 0 unspecified atom stereocenters. The maximum atomic E-state index is 12.9. The highest BCUT2D eigenvalue weighted by Gasteiger charge is 2.29. The molecule has 0 radical (unpaired) electrons. The van der Waals surface area contributed by atoms with Crippen molar-refractivity contribution in [1.82, 2.24) is 4.31 Å². The summed E-state index contributed by atoms with van der Waals surface area (Å²) < 4.78 is 27.5. The van der Waals surface area contributed by atoms with Gasteiger partial charge in [-0.15, -0.1) is 0 Å². The number of fused-ring (bicyclic) bond motifs is 2. The molecule has 0 spiro atoms. The van der Waals surface area contributed by atoms with E-state index in [-0.39, 0.29) is 0 Å². The Morgan fingerprint density at radius 1 is 0.818 bits per heavy atom. The maximum absolute atomic E-state index is 12.9. The minimum atomic E-state index is -3.39. The van der Waals surface area contributed by atoms with Gasteiger partial charge in [0.1, 0.15) is 0 Å². The molecule has 1 aliphatic heterocycles. The van der Waals surface area contributed by atoms with Gasteiger partial charge in [-0.1, -0.05) is 30.3 Å². The Bertz CT molecular complexity index is 827. The molecule has 2 aromatic rings. The van der Waals surface area contributed by atoms with Crippen LogP contribution in [0, 0.1) is 0 Å². The first-order chi connectivity index (χ1) is 10.6. The molecule has 0 amide bonds. The number of benzene rings is 2. The van der Waals surface area contributed by atoms with Gasteiger partial charge in [0.15, 0.2) is 0 Å². The lowest BCUT2D eigenvalue weighted by molar-refractivity contribution is 0.391. The van der Waals surface area contributed by atoms with E-state index in [1.54, 1.807) is 10.4 Å². The summed E-state index contributed by atoms with van der Waals surface area (Å²) in [5, 5.41) is 0. The number of sulfonamides is 1. The molecule has 0 saturated heterocycles. The van der Waals surface area contributed by atoms with E-state index in [9.17, 15) is 8.42 Å². The number of hydrogen-bond donors (Lipinski definition) is 0. The van der Waals surface area contributed by atoms with Gasteiger partial charge in [-0.25, -0.2) is 8.42 Å². The number of nitrogens with zero attached hydrogens (tertiary/aromatic N) is 1. The van der Waals surface area contributed by atoms with Crippen molar-refractivity contribution in [3.63, 3.8) is 0 Å². The summed E-state index contributed by atoms with van der Waals surface area (Å²) in [6, 6.07) is 13.8. The lowest BCUT2D eigenvalue weighted by Crippen LogP contribution is -2.35. The average Bonchev–Trinajstić information content (AvgIpc) is 3.02. The van der Waals surface area contributed by atoms with Crippen LogP contribution in [0.15, 0.2) is 47.4 Å². The number of hydrogen-bond acceptors (Lipinski definition) is 2. The zero-order chi connectivity index (χ0) is 15.2. The van der Waals surface area contributed by atoms with E-state index < -0.39 is 10.0 Å². The van der Waals surface area contributed by atoms with Crippen LogP contribution in [0.2, 0.25) is 0 Å². The Morgan fingerprint density at radius 2 is 1.55 bits per heavy atom. The van der Waals surface area contributed by atoms with Crippen LogP contribution in [0.4, 0.5) is 0 Å². The van der Waals surface area contributed by atoms with Crippen LogP contribution >= 0.6 is 0 Å². The SMILES string of the molecule is O=S(=O)(c1ccc2c(c1)CCC2)N1CCc2ccccc2C1. The first kappa shape index (κ1) is 14.0. The molecule has 0 fully saturated rings. The summed E-state index contributed by atoms with van der Waals surface area (Å²) in [6.07, 6.45) is 4.00. The molecule has 3 nitrogen and oxygen atoms in total. The predicted molar refractivity (Wildman–Crippen MR) is 86.2 cm³/mol. The minimum absolute atomic E-state index is 0.451. The van der Waals surface area contributed by atoms with Crippen molar-refractivity contribution in [1.29, 1.82) is 0 Å². The zero-order valence-electron chi connectivity index (χ0n) is 12.5. The Labute approximate surface area is 131 Å². The first-order valence-electron chi connectivity index (χ1n) is 7.83. The summed E-state index contributed by atoms with van der Waals surface area (Å²) >= 11 is 0. The smallest absolute Gasteiger partial charge is 0.207 e. The molecule has 114 valence electrons. The van der Waals surface area contributed by atoms with E-state index in [4.69, 9.17) is 0 Å². The second-order valence-electron chi connectivity index (χ2n) is 6.14. The van der Waals surface area contributed by atoms with Crippen LogP contribution in [0.3, 0.4) is 0 Å². The number of rotatable bonds is 2. The van der Waals surface area contributed by atoms with Gasteiger partial charge in [-0.2, -0.15) is 4.31 Å². The molecule has 0 bridgehead atoms. The Morgan fingerprint density at radius 3 is 2.41 bits per heavy atom. The van der Waals surface area contributed by atoms with Gasteiger partial charge in [0.05, 0.1) is 4.90 Å². The highest BCUT2D eigenvalue weighted by atomic mass is 32.2. The fourth-order valence-electron chi connectivity index (χ4n) is 3.53. The fraction of sp³-hybridized carbons (Fsp3) is 0.333. The van der Waals surface area contributed by atoms with Gasteiger partial charge >= 0.3 is 0 Å². The van der Waals surface area contributed by atoms with Crippen molar-refractivity contribution in [2.24, 2.45) is 0 Å². The van der Waals surface area contributed by atoms with Crippen LogP contribution in [0.5, 0.6) is 0 Å². The normalized spacial score (nSPS) is 18.0. The van der Waals surface area contributed by atoms with E-state index in [0.717, 1.165) is 31.2 Å². The fourth-order valence-corrected chi connectivity index (χ4v) is 5.00. The highest BCUT2D eigenvalue weighted by molar-refractivity contribution is 7.89. The van der Waals surface area contributed by atoms with E-state index in [1.165, 1.54) is 16.7 Å². The standard InChI is InChI=1S/C18H19NO2S/c20-22(21,18-9-8-14-6-3-7-16(14)12-18)19-11-10-15-4-1-2-5-17(15)13-19/h1-2,4-5,8-9,12H,3,6-7,10-11,13H2. The third-order valence-corrected chi connectivity index (χ3v) is 6.64. The summed E-state index contributed by atoms with van der Waals surface area (Å²) in [4.78, 5) is 0.451. The lowest BCUT2D eigenvalue weighted by Gasteiger charge is -2.28. The predicted octanol–water partition coefficient (Wildman–Crippen LogP) is 2.92. The third kappa shape index (κ3) is 2.27. The van der Waals surface area contributed by atoms with Crippen LogP contribution in [0.1, 0.15) is 28.7 Å². The van der Waals surface area contributed by atoms with Crippen LogP contribution in [-0.4, -0.2) is 19.3 Å². The molecule has 0 aromatic heterocycles. The van der Waals surface area contributed by atoms with Gasteiger partial charge in [-0.3, -0.25) is 0 Å². The zero-order valence-corrected chi connectivity index (χ0v) is 13.3. The average molecular weight is 313 g/mol. The number of aryl methyl sites for hydroxylation is 2. The van der Waals surface area contributed by atoms with Crippen LogP contribution in [0.25, 0.3) is 0 Å². The molecule has 2 aliphatic rings. The Hall–Kier alpha value is -1.65. The van der Waals surface area contributed by atoms with E-state index in [1.807, 2.05) is 30.3 Å². The first-order valence-corrected chi connectivity index (χ1v) is 9.27. The molecule has 1 aliphatic carbocycles. The second kappa shape index (κ2) is 5.21. The second-order valence-corrected chi connectivity index (χ2v) is 8.08. The van der Waals surface area contributed by atoms with Crippen molar-refractivity contribution in [3.8, 4) is 0 Å². The lowest BCUT2D eigenvalue weighted by atomic mass is 10.0. The van der Waals surface area contributed by atoms with Crippen LogP contribution in [-0.2, 0) is 35.8 Å². The van der Waals surface area contributed by atoms with Gasteiger partial charge < -0.3 is 0 Å². The topological polar surface area (TPSA) is 37.4 Å². The van der Waals surface area contributed by atoms with E-state index >= 15 is 0 Å².